The molecule has 0 saturated carbocycles. The van der Waals surface area contributed by atoms with Crippen molar-refractivity contribution in [3.05, 3.63) is 56.5 Å². The molecule has 1 aromatic carbocycles. The average molecular weight is 373 g/mol. The molecule has 136 valence electrons. The Kier molecular flexibility index (Phi) is 4.94. The number of carbonyl (C=O) groups excluding carboxylic acids is 1. The van der Waals surface area contributed by atoms with E-state index in [4.69, 9.17) is 4.74 Å². The molecule has 3 rings (SSSR count). The Morgan fingerprint density at radius 1 is 1.27 bits per heavy atom. The Labute approximate surface area is 153 Å². The largest absolute Gasteiger partial charge is 0.497 e. The van der Waals surface area contributed by atoms with Gasteiger partial charge in [0.25, 0.3) is 5.56 Å². The Morgan fingerprint density at radius 2 is 2.04 bits per heavy atom. The van der Waals surface area contributed by atoms with Crippen LogP contribution in [0.25, 0.3) is 15.9 Å². The molecule has 0 aliphatic rings. The van der Waals surface area contributed by atoms with Crippen molar-refractivity contribution in [1.29, 1.82) is 0 Å². The molecule has 1 N–H and O–H groups in total. The first-order valence-electron chi connectivity index (χ1n) is 8.09. The molecule has 0 radical (unpaired) electrons. The molecule has 0 aliphatic heterocycles. The van der Waals surface area contributed by atoms with Crippen molar-refractivity contribution in [2.24, 2.45) is 0 Å². The van der Waals surface area contributed by atoms with E-state index in [-0.39, 0.29) is 18.5 Å². The van der Waals surface area contributed by atoms with Crippen LogP contribution in [0.3, 0.4) is 0 Å². The number of amides is 1. The zero-order valence-electron chi connectivity index (χ0n) is 14.7. The lowest BCUT2D eigenvalue weighted by Crippen LogP contribution is -2.42. The van der Waals surface area contributed by atoms with Crippen LogP contribution in [0.15, 0.2) is 45.3 Å². The molecule has 0 spiro atoms. The van der Waals surface area contributed by atoms with Crippen LogP contribution in [0.4, 0.5) is 0 Å². The summed E-state index contributed by atoms with van der Waals surface area (Å²) >= 11 is 1.24. The average Bonchev–Trinajstić information content (AvgIpc) is 3.08. The van der Waals surface area contributed by atoms with E-state index in [1.807, 2.05) is 13.8 Å². The molecular formula is C18H19N3O4S. The molecule has 1 amide bonds. The van der Waals surface area contributed by atoms with Gasteiger partial charge in [-0.2, -0.15) is 0 Å². The van der Waals surface area contributed by atoms with Gasteiger partial charge in [-0.15, -0.1) is 11.3 Å². The Hall–Kier alpha value is -2.87. The van der Waals surface area contributed by atoms with Crippen molar-refractivity contribution in [1.82, 2.24) is 14.5 Å². The van der Waals surface area contributed by atoms with E-state index in [9.17, 15) is 14.4 Å². The number of benzene rings is 1. The molecule has 0 bridgehead atoms. The quantitative estimate of drug-likeness (QED) is 0.739. The monoisotopic (exact) mass is 373 g/mol. The minimum Gasteiger partial charge on any atom is -0.497 e. The molecule has 0 unspecified atom stereocenters. The highest BCUT2D eigenvalue weighted by Crippen LogP contribution is 2.18. The first-order valence-corrected chi connectivity index (χ1v) is 8.97. The summed E-state index contributed by atoms with van der Waals surface area (Å²) < 4.78 is 8.00. The van der Waals surface area contributed by atoms with E-state index in [1.165, 1.54) is 23.0 Å². The number of ether oxygens (including phenoxy) is 1. The predicted octanol–water partition coefficient (Wildman–Crippen LogP) is 1.75. The van der Waals surface area contributed by atoms with Crippen LogP contribution in [0.5, 0.6) is 5.75 Å². The van der Waals surface area contributed by atoms with Crippen LogP contribution in [-0.4, -0.2) is 28.2 Å². The fraction of sp³-hybridized carbons (Fsp3) is 0.278. The van der Waals surface area contributed by atoms with Gasteiger partial charge in [0.15, 0.2) is 0 Å². The summed E-state index contributed by atoms with van der Waals surface area (Å²) in [6, 6.07) is 8.34. The summed E-state index contributed by atoms with van der Waals surface area (Å²) in [5.74, 6) is 0.245. The predicted molar refractivity (Wildman–Crippen MR) is 102 cm³/mol. The normalized spacial score (nSPS) is 11.1. The lowest BCUT2D eigenvalue weighted by molar-refractivity contribution is -0.122. The van der Waals surface area contributed by atoms with E-state index in [1.54, 1.807) is 35.7 Å². The first-order chi connectivity index (χ1) is 12.4. The number of carbonyl (C=O) groups is 1. The molecule has 7 nitrogen and oxygen atoms in total. The number of nitrogens with one attached hydrogen (secondary N) is 1. The minimum atomic E-state index is -0.562. The van der Waals surface area contributed by atoms with Gasteiger partial charge < -0.3 is 10.1 Å². The van der Waals surface area contributed by atoms with Gasteiger partial charge in [-0.1, -0.05) is 6.07 Å². The lowest BCUT2D eigenvalue weighted by atomic mass is 10.3. The molecule has 3 aromatic rings. The van der Waals surface area contributed by atoms with E-state index in [0.29, 0.717) is 21.7 Å². The first kappa shape index (κ1) is 17.9. The summed E-state index contributed by atoms with van der Waals surface area (Å²) in [7, 11) is 1.51. The van der Waals surface area contributed by atoms with Gasteiger partial charge in [-0.05, 0) is 37.4 Å². The molecule has 0 saturated heterocycles. The third-order valence-electron chi connectivity index (χ3n) is 3.82. The van der Waals surface area contributed by atoms with Crippen LogP contribution >= 0.6 is 11.3 Å². The van der Waals surface area contributed by atoms with Crippen LogP contribution in [0.1, 0.15) is 13.8 Å². The van der Waals surface area contributed by atoms with Crippen molar-refractivity contribution in [2.75, 3.05) is 7.11 Å². The number of hydrogen-bond donors (Lipinski definition) is 1. The topological polar surface area (TPSA) is 82.3 Å². The van der Waals surface area contributed by atoms with Crippen molar-refractivity contribution in [3.8, 4) is 11.4 Å². The van der Waals surface area contributed by atoms with E-state index in [0.717, 1.165) is 4.57 Å². The maximum absolute atomic E-state index is 13.0. The Morgan fingerprint density at radius 3 is 2.73 bits per heavy atom. The fourth-order valence-electron chi connectivity index (χ4n) is 2.73. The summed E-state index contributed by atoms with van der Waals surface area (Å²) in [4.78, 5) is 38.1. The SMILES string of the molecule is COc1cccc(-n2c(=O)c3sccc3n(CC(=O)NC(C)C)c2=O)c1. The number of hydrogen-bond acceptors (Lipinski definition) is 5. The van der Waals surface area contributed by atoms with Crippen molar-refractivity contribution < 1.29 is 9.53 Å². The minimum absolute atomic E-state index is 0.0412. The smallest absolute Gasteiger partial charge is 0.336 e. The second-order valence-corrected chi connectivity index (χ2v) is 6.98. The molecule has 0 aliphatic carbocycles. The summed E-state index contributed by atoms with van der Waals surface area (Å²) in [6.45, 7) is 3.53. The van der Waals surface area contributed by atoms with Gasteiger partial charge in [-0.25, -0.2) is 9.36 Å². The second kappa shape index (κ2) is 7.17. The molecule has 2 aromatic heterocycles. The van der Waals surface area contributed by atoms with Gasteiger partial charge >= 0.3 is 5.69 Å². The van der Waals surface area contributed by atoms with Gasteiger partial charge in [0, 0.05) is 12.1 Å². The fourth-order valence-corrected chi connectivity index (χ4v) is 3.55. The van der Waals surface area contributed by atoms with Crippen LogP contribution in [0, 0.1) is 0 Å². The molecule has 26 heavy (non-hydrogen) atoms. The molecular weight excluding hydrogens is 354 g/mol. The summed E-state index contributed by atoms with van der Waals surface area (Å²) in [5.41, 5.74) is -0.113. The lowest BCUT2D eigenvalue weighted by Gasteiger charge is -2.14. The summed E-state index contributed by atoms with van der Waals surface area (Å²) in [6.07, 6.45) is 0. The third-order valence-corrected chi connectivity index (χ3v) is 4.71. The molecule has 0 atom stereocenters. The zero-order valence-corrected chi connectivity index (χ0v) is 15.5. The highest BCUT2D eigenvalue weighted by atomic mass is 32.1. The maximum atomic E-state index is 13.0. The summed E-state index contributed by atoms with van der Waals surface area (Å²) in [5, 5.41) is 4.50. The van der Waals surface area contributed by atoms with Gasteiger partial charge in [0.1, 0.15) is 17.0 Å². The van der Waals surface area contributed by atoms with E-state index < -0.39 is 11.2 Å². The third kappa shape index (κ3) is 3.28. The van der Waals surface area contributed by atoms with Crippen LogP contribution in [-0.2, 0) is 11.3 Å². The zero-order chi connectivity index (χ0) is 18.8. The van der Waals surface area contributed by atoms with Crippen molar-refractivity contribution in [2.45, 2.75) is 26.4 Å². The van der Waals surface area contributed by atoms with Crippen molar-refractivity contribution in [3.63, 3.8) is 0 Å². The van der Waals surface area contributed by atoms with Gasteiger partial charge in [-0.3, -0.25) is 14.2 Å². The number of fused-ring (bicyclic) bond motifs is 1. The number of thiophene rings is 1. The number of methoxy groups -OCH3 is 1. The standard InChI is InChI=1S/C18H19N3O4S/c1-11(2)19-15(22)10-20-14-7-8-26-16(14)17(23)21(18(20)24)12-5-4-6-13(9-12)25-3/h4-9,11H,10H2,1-3H3,(H,19,22). The van der Waals surface area contributed by atoms with Gasteiger partial charge in [0.2, 0.25) is 5.91 Å². The van der Waals surface area contributed by atoms with Crippen LogP contribution < -0.4 is 21.3 Å². The Balaban J connectivity index is 2.23. The second-order valence-electron chi connectivity index (χ2n) is 6.07. The number of rotatable bonds is 5. The molecule has 2 heterocycles. The number of aromatic nitrogens is 2. The maximum Gasteiger partial charge on any atom is 0.336 e. The van der Waals surface area contributed by atoms with Gasteiger partial charge in [0.05, 0.1) is 18.3 Å². The molecule has 8 heteroatoms. The highest BCUT2D eigenvalue weighted by molar-refractivity contribution is 7.17. The van der Waals surface area contributed by atoms with Crippen LogP contribution in [0.2, 0.25) is 0 Å². The Bertz CT molecular complexity index is 1080. The van der Waals surface area contributed by atoms with Crippen molar-refractivity contribution >= 4 is 27.5 Å². The highest BCUT2D eigenvalue weighted by Gasteiger charge is 2.18. The number of nitrogens with zero attached hydrogens (tertiary/aromatic N) is 2. The van der Waals surface area contributed by atoms with E-state index in [2.05, 4.69) is 5.32 Å². The van der Waals surface area contributed by atoms with E-state index >= 15 is 0 Å². The molecule has 0 fully saturated rings.